The number of ether oxygens (including phenoxy) is 3. The maximum absolute atomic E-state index is 12.6. The molecule has 0 aliphatic rings. The first-order valence-corrected chi connectivity index (χ1v) is 8.87. The molecule has 0 saturated carbocycles. The zero-order chi connectivity index (χ0) is 22.4. The van der Waals surface area contributed by atoms with E-state index in [9.17, 15) is 20.2 Å². The third kappa shape index (κ3) is 4.92. The van der Waals surface area contributed by atoms with E-state index in [0.29, 0.717) is 22.8 Å². The summed E-state index contributed by atoms with van der Waals surface area (Å²) in [6.07, 6.45) is 1.30. The van der Waals surface area contributed by atoms with Gasteiger partial charge in [-0.05, 0) is 23.8 Å². The predicted molar refractivity (Wildman–Crippen MR) is 111 cm³/mol. The summed E-state index contributed by atoms with van der Waals surface area (Å²) in [5.74, 6) is 0.206. The number of hydrogen-bond donors (Lipinski definition) is 1. The van der Waals surface area contributed by atoms with Crippen LogP contribution in [0.2, 0.25) is 10.0 Å². The number of nitro benzene ring substituents is 1. The summed E-state index contributed by atoms with van der Waals surface area (Å²) < 4.78 is 15.7. The summed E-state index contributed by atoms with van der Waals surface area (Å²) in [5, 5.41) is 22.4. The molecule has 0 saturated heterocycles. The van der Waals surface area contributed by atoms with Crippen molar-refractivity contribution in [2.24, 2.45) is 0 Å². The number of rotatable bonds is 7. The van der Waals surface area contributed by atoms with Crippen molar-refractivity contribution in [1.29, 1.82) is 5.26 Å². The molecule has 2 aromatic carbocycles. The van der Waals surface area contributed by atoms with Gasteiger partial charge >= 0.3 is 0 Å². The average Bonchev–Trinajstić information content (AvgIpc) is 2.73. The van der Waals surface area contributed by atoms with Crippen molar-refractivity contribution in [3.05, 3.63) is 55.6 Å². The fraction of sp³-hybridized carbons (Fsp3) is 0.158. The van der Waals surface area contributed by atoms with Crippen LogP contribution in [0.1, 0.15) is 5.56 Å². The molecule has 156 valence electrons. The summed E-state index contributed by atoms with van der Waals surface area (Å²) in [6, 6.07) is 6.97. The van der Waals surface area contributed by atoms with Gasteiger partial charge in [0, 0.05) is 12.1 Å². The van der Waals surface area contributed by atoms with E-state index < -0.39 is 10.8 Å². The van der Waals surface area contributed by atoms with Gasteiger partial charge in [0.15, 0.2) is 11.5 Å². The zero-order valence-electron chi connectivity index (χ0n) is 16.0. The maximum Gasteiger partial charge on any atom is 0.272 e. The van der Waals surface area contributed by atoms with Crippen LogP contribution in [0.4, 0.5) is 11.4 Å². The number of anilines is 1. The molecule has 30 heavy (non-hydrogen) atoms. The van der Waals surface area contributed by atoms with Crippen molar-refractivity contribution in [1.82, 2.24) is 0 Å². The number of nitrogens with one attached hydrogen (secondary N) is 1. The Bertz CT molecular complexity index is 1030. The highest BCUT2D eigenvalue weighted by Crippen LogP contribution is 2.39. The summed E-state index contributed by atoms with van der Waals surface area (Å²) in [7, 11) is 4.31. The fourth-order valence-corrected chi connectivity index (χ4v) is 3.04. The molecular formula is C19H15Cl2N3O6. The molecule has 0 atom stereocenters. The lowest BCUT2D eigenvalue weighted by atomic mass is 10.1. The zero-order valence-corrected chi connectivity index (χ0v) is 17.5. The number of carbonyl (C=O) groups is 1. The van der Waals surface area contributed by atoms with Gasteiger partial charge < -0.3 is 19.5 Å². The van der Waals surface area contributed by atoms with E-state index in [0.717, 1.165) is 12.1 Å². The number of carbonyl (C=O) groups excluding carboxylic acids is 1. The molecule has 2 rings (SSSR count). The minimum Gasteiger partial charge on any atom is -0.493 e. The van der Waals surface area contributed by atoms with E-state index in [2.05, 4.69) is 5.32 Å². The van der Waals surface area contributed by atoms with Crippen LogP contribution in [0, 0.1) is 21.4 Å². The molecule has 0 fully saturated rings. The molecule has 0 heterocycles. The lowest BCUT2D eigenvalue weighted by Gasteiger charge is -2.13. The van der Waals surface area contributed by atoms with E-state index >= 15 is 0 Å². The summed E-state index contributed by atoms with van der Waals surface area (Å²) >= 11 is 12.0. The Morgan fingerprint density at radius 3 is 2.03 bits per heavy atom. The van der Waals surface area contributed by atoms with Crippen molar-refractivity contribution >= 4 is 46.6 Å². The van der Waals surface area contributed by atoms with Gasteiger partial charge in [-0.25, -0.2) is 0 Å². The van der Waals surface area contributed by atoms with Crippen LogP contribution < -0.4 is 19.5 Å². The third-order valence-corrected chi connectivity index (χ3v) is 4.44. The van der Waals surface area contributed by atoms with Crippen molar-refractivity contribution in [3.8, 4) is 23.3 Å². The first-order chi connectivity index (χ1) is 14.2. The molecule has 0 aliphatic heterocycles. The second-order valence-electron chi connectivity index (χ2n) is 5.62. The number of nitrogens with zero attached hydrogens (tertiary/aromatic N) is 2. The molecule has 1 N–H and O–H groups in total. The molecule has 11 heteroatoms. The highest BCUT2D eigenvalue weighted by Gasteiger charge is 2.19. The van der Waals surface area contributed by atoms with Crippen molar-refractivity contribution < 1.29 is 23.9 Å². The highest BCUT2D eigenvalue weighted by molar-refractivity contribution is 6.40. The molecule has 2 aromatic rings. The number of nitriles is 1. The molecule has 0 radical (unpaired) electrons. The Labute approximate surface area is 181 Å². The third-order valence-electron chi connectivity index (χ3n) is 3.84. The van der Waals surface area contributed by atoms with E-state index in [1.165, 1.54) is 27.4 Å². The SMILES string of the molecule is COc1cc(/C=C(\C#N)C(=O)Nc2c(Cl)cc([N+](=O)[O-])cc2Cl)cc(OC)c1OC. The molecular weight excluding hydrogens is 437 g/mol. The van der Waals surface area contributed by atoms with Crippen molar-refractivity contribution in [2.45, 2.75) is 0 Å². The molecule has 0 aliphatic carbocycles. The van der Waals surface area contributed by atoms with E-state index in [4.69, 9.17) is 37.4 Å². The van der Waals surface area contributed by atoms with Crippen LogP contribution in [0.5, 0.6) is 17.2 Å². The number of halogens is 2. The second kappa shape index (κ2) is 9.82. The standard InChI is InChI=1S/C19H15Cl2N3O6/c1-28-15-5-10(6-16(29-2)18(15)30-3)4-11(9-22)19(25)23-17-13(20)7-12(24(26)27)8-14(17)21/h4-8H,1-3H3,(H,23,25)/b11-4+. The first-order valence-electron chi connectivity index (χ1n) is 8.12. The normalized spacial score (nSPS) is 10.7. The number of benzene rings is 2. The van der Waals surface area contributed by atoms with Gasteiger partial charge in [0.2, 0.25) is 5.75 Å². The lowest BCUT2D eigenvalue weighted by molar-refractivity contribution is -0.384. The van der Waals surface area contributed by atoms with Crippen LogP contribution in [-0.4, -0.2) is 32.2 Å². The van der Waals surface area contributed by atoms with Crippen LogP contribution >= 0.6 is 23.2 Å². The van der Waals surface area contributed by atoms with Gasteiger partial charge in [-0.15, -0.1) is 0 Å². The smallest absolute Gasteiger partial charge is 0.272 e. The number of hydrogen-bond acceptors (Lipinski definition) is 7. The Balaban J connectivity index is 2.42. The Kier molecular flexibility index (Phi) is 7.47. The first kappa shape index (κ1) is 22.8. The minimum absolute atomic E-state index is 0.0556. The van der Waals surface area contributed by atoms with Gasteiger partial charge in [0.05, 0.1) is 42.0 Å². The van der Waals surface area contributed by atoms with Gasteiger partial charge in [0.25, 0.3) is 11.6 Å². The lowest BCUT2D eigenvalue weighted by Crippen LogP contribution is -2.14. The van der Waals surface area contributed by atoms with Crippen LogP contribution in [0.3, 0.4) is 0 Å². The Morgan fingerprint density at radius 2 is 1.63 bits per heavy atom. The predicted octanol–water partition coefficient (Wildman–Crippen LogP) is 4.47. The Morgan fingerprint density at radius 1 is 1.10 bits per heavy atom. The van der Waals surface area contributed by atoms with Crippen molar-refractivity contribution in [3.63, 3.8) is 0 Å². The van der Waals surface area contributed by atoms with E-state index in [1.54, 1.807) is 18.2 Å². The quantitative estimate of drug-likeness (QED) is 0.284. The maximum atomic E-state index is 12.6. The molecule has 1 amide bonds. The van der Waals surface area contributed by atoms with Crippen LogP contribution in [-0.2, 0) is 4.79 Å². The number of nitro groups is 1. The second-order valence-corrected chi connectivity index (χ2v) is 6.44. The van der Waals surface area contributed by atoms with Crippen molar-refractivity contribution in [2.75, 3.05) is 26.6 Å². The average molecular weight is 452 g/mol. The molecule has 0 spiro atoms. The fourth-order valence-electron chi connectivity index (χ4n) is 2.47. The van der Waals surface area contributed by atoms with E-state index in [1.807, 2.05) is 0 Å². The monoisotopic (exact) mass is 451 g/mol. The largest absolute Gasteiger partial charge is 0.493 e. The van der Waals surface area contributed by atoms with Gasteiger partial charge in [-0.1, -0.05) is 23.2 Å². The summed E-state index contributed by atoms with van der Waals surface area (Å²) in [4.78, 5) is 22.8. The van der Waals surface area contributed by atoms with Gasteiger partial charge in [-0.2, -0.15) is 5.26 Å². The van der Waals surface area contributed by atoms with Crippen LogP contribution in [0.25, 0.3) is 6.08 Å². The van der Waals surface area contributed by atoms with E-state index in [-0.39, 0.29) is 27.0 Å². The molecule has 0 unspecified atom stereocenters. The number of non-ortho nitro benzene ring substituents is 1. The van der Waals surface area contributed by atoms with Gasteiger partial charge in [-0.3, -0.25) is 14.9 Å². The molecule has 0 aromatic heterocycles. The minimum atomic E-state index is -0.816. The topological polar surface area (TPSA) is 124 Å². The summed E-state index contributed by atoms with van der Waals surface area (Å²) in [5.41, 5.74) is -0.247. The number of amides is 1. The van der Waals surface area contributed by atoms with Gasteiger partial charge in [0.1, 0.15) is 11.6 Å². The molecule has 9 nitrogen and oxygen atoms in total. The molecule has 0 bridgehead atoms. The number of methoxy groups -OCH3 is 3. The Hall–Kier alpha value is -3.48. The summed E-state index contributed by atoms with van der Waals surface area (Å²) in [6.45, 7) is 0. The van der Waals surface area contributed by atoms with Crippen LogP contribution in [0.15, 0.2) is 29.8 Å². The highest BCUT2D eigenvalue weighted by atomic mass is 35.5.